The Labute approximate surface area is 127 Å². The maximum Gasteiger partial charge on any atom is 0.237 e. The average molecular weight is 289 g/mol. The van der Waals surface area contributed by atoms with Gasteiger partial charge in [-0.2, -0.15) is 0 Å². The van der Waals surface area contributed by atoms with E-state index in [1.54, 1.807) is 0 Å². The Bertz CT molecular complexity index is 415. The van der Waals surface area contributed by atoms with Gasteiger partial charge in [0, 0.05) is 13.1 Å². The van der Waals surface area contributed by atoms with E-state index in [0.717, 1.165) is 45.4 Å². The van der Waals surface area contributed by atoms with Crippen molar-refractivity contribution in [3.05, 3.63) is 35.9 Å². The van der Waals surface area contributed by atoms with Crippen molar-refractivity contribution in [3.63, 3.8) is 0 Å². The van der Waals surface area contributed by atoms with Crippen LogP contribution in [0.2, 0.25) is 0 Å². The third-order valence-corrected chi connectivity index (χ3v) is 3.94. The number of benzene rings is 1. The number of hydrogen-bond donors (Lipinski definition) is 2. The van der Waals surface area contributed by atoms with Gasteiger partial charge in [-0.25, -0.2) is 0 Å². The summed E-state index contributed by atoms with van der Waals surface area (Å²) in [7, 11) is 2.12. The summed E-state index contributed by atoms with van der Waals surface area (Å²) >= 11 is 0. The zero-order valence-corrected chi connectivity index (χ0v) is 13.0. The Kier molecular flexibility index (Phi) is 6.70. The van der Waals surface area contributed by atoms with Gasteiger partial charge in [-0.1, -0.05) is 36.8 Å². The molecule has 1 aromatic carbocycles. The van der Waals surface area contributed by atoms with E-state index in [4.69, 9.17) is 0 Å². The lowest BCUT2D eigenvalue weighted by Gasteiger charge is -2.23. The molecule has 0 saturated carbocycles. The highest BCUT2D eigenvalue weighted by Crippen LogP contribution is 2.06. The van der Waals surface area contributed by atoms with E-state index in [0.29, 0.717) is 0 Å². The number of carbonyl (C=O) groups excluding carboxylic acids is 1. The smallest absolute Gasteiger partial charge is 0.237 e. The molecule has 1 atom stereocenters. The second-order valence-corrected chi connectivity index (χ2v) is 5.87. The van der Waals surface area contributed by atoms with Crippen LogP contribution in [0.1, 0.15) is 31.2 Å². The van der Waals surface area contributed by atoms with Gasteiger partial charge in [-0.3, -0.25) is 4.79 Å². The summed E-state index contributed by atoms with van der Waals surface area (Å²) in [5, 5.41) is 6.32. The zero-order valence-electron chi connectivity index (χ0n) is 13.0. The third-order valence-electron chi connectivity index (χ3n) is 3.94. The van der Waals surface area contributed by atoms with Crippen LogP contribution in [0.4, 0.5) is 0 Å². The third kappa shape index (κ3) is 5.86. The van der Waals surface area contributed by atoms with E-state index in [2.05, 4.69) is 46.8 Å². The molecule has 1 aromatic rings. The number of carbonyl (C=O) groups is 1. The highest BCUT2D eigenvalue weighted by Gasteiger charge is 2.19. The Morgan fingerprint density at radius 3 is 2.86 bits per heavy atom. The standard InChI is InChI=1S/C17H27N3O/c1-20(14-15-8-3-2-4-9-15)13-7-12-19-17(21)16-10-5-6-11-18-16/h2-4,8-9,16,18H,5-7,10-14H2,1H3,(H,19,21). The molecule has 2 N–H and O–H groups in total. The van der Waals surface area contributed by atoms with Gasteiger partial charge >= 0.3 is 0 Å². The zero-order chi connectivity index (χ0) is 14.9. The fraction of sp³-hybridized carbons (Fsp3) is 0.588. The molecular formula is C17H27N3O. The molecule has 1 saturated heterocycles. The summed E-state index contributed by atoms with van der Waals surface area (Å²) < 4.78 is 0. The molecule has 0 spiro atoms. The van der Waals surface area contributed by atoms with Crippen molar-refractivity contribution in [1.29, 1.82) is 0 Å². The summed E-state index contributed by atoms with van der Waals surface area (Å²) in [5.41, 5.74) is 1.33. The predicted octanol–water partition coefficient (Wildman–Crippen LogP) is 1.77. The second kappa shape index (κ2) is 8.80. The molecule has 1 unspecified atom stereocenters. The van der Waals surface area contributed by atoms with E-state index in [-0.39, 0.29) is 11.9 Å². The molecule has 116 valence electrons. The lowest BCUT2D eigenvalue weighted by Crippen LogP contribution is -2.47. The van der Waals surface area contributed by atoms with Crippen LogP contribution >= 0.6 is 0 Å². The Balaban J connectivity index is 1.57. The topological polar surface area (TPSA) is 44.4 Å². The number of amides is 1. The van der Waals surface area contributed by atoms with Crippen molar-refractivity contribution in [2.24, 2.45) is 0 Å². The van der Waals surface area contributed by atoms with Crippen LogP contribution in [-0.2, 0) is 11.3 Å². The molecule has 1 aliphatic heterocycles. The fourth-order valence-corrected chi connectivity index (χ4v) is 2.73. The Morgan fingerprint density at radius 2 is 2.14 bits per heavy atom. The Morgan fingerprint density at radius 1 is 1.33 bits per heavy atom. The first-order chi connectivity index (χ1) is 10.3. The van der Waals surface area contributed by atoms with Crippen LogP contribution in [0.25, 0.3) is 0 Å². The number of nitrogens with one attached hydrogen (secondary N) is 2. The minimum atomic E-state index is 0.0285. The van der Waals surface area contributed by atoms with Crippen LogP contribution < -0.4 is 10.6 Å². The van der Waals surface area contributed by atoms with Gasteiger partial charge in [0.15, 0.2) is 0 Å². The fourth-order valence-electron chi connectivity index (χ4n) is 2.73. The molecule has 0 radical (unpaired) electrons. The maximum atomic E-state index is 11.9. The lowest BCUT2D eigenvalue weighted by atomic mass is 10.0. The van der Waals surface area contributed by atoms with Gasteiger partial charge in [0.05, 0.1) is 6.04 Å². The molecule has 0 bridgehead atoms. The van der Waals surface area contributed by atoms with E-state index in [1.165, 1.54) is 12.0 Å². The molecule has 4 heteroatoms. The normalized spacial score (nSPS) is 18.7. The quantitative estimate of drug-likeness (QED) is 0.752. The molecule has 2 rings (SSSR count). The lowest BCUT2D eigenvalue weighted by molar-refractivity contribution is -0.123. The summed E-state index contributed by atoms with van der Waals surface area (Å²) in [6, 6.07) is 10.5. The number of piperidine rings is 1. The molecule has 4 nitrogen and oxygen atoms in total. The van der Waals surface area contributed by atoms with Crippen molar-refractivity contribution >= 4 is 5.91 Å². The first-order valence-corrected chi connectivity index (χ1v) is 7.99. The largest absolute Gasteiger partial charge is 0.355 e. The SMILES string of the molecule is CN(CCCNC(=O)C1CCCCN1)Cc1ccccc1. The number of hydrogen-bond acceptors (Lipinski definition) is 3. The van der Waals surface area contributed by atoms with E-state index < -0.39 is 0 Å². The van der Waals surface area contributed by atoms with Gasteiger partial charge < -0.3 is 15.5 Å². The first-order valence-electron chi connectivity index (χ1n) is 7.99. The van der Waals surface area contributed by atoms with Crippen molar-refractivity contribution in [3.8, 4) is 0 Å². The number of nitrogens with zero attached hydrogens (tertiary/aromatic N) is 1. The van der Waals surface area contributed by atoms with Crippen molar-refractivity contribution in [1.82, 2.24) is 15.5 Å². The van der Waals surface area contributed by atoms with Gasteiger partial charge in [-0.15, -0.1) is 0 Å². The summed E-state index contributed by atoms with van der Waals surface area (Å²) in [6.45, 7) is 3.68. The van der Waals surface area contributed by atoms with Crippen molar-refractivity contribution in [2.75, 3.05) is 26.7 Å². The molecule has 0 aromatic heterocycles. The molecule has 1 amide bonds. The highest BCUT2D eigenvalue weighted by atomic mass is 16.2. The maximum absolute atomic E-state index is 11.9. The minimum Gasteiger partial charge on any atom is -0.355 e. The van der Waals surface area contributed by atoms with E-state index in [1.807, 2.05) is 6.07 Å². The second-order valence-electron chi connectivity index (χ2n) is 5.87. The molecule has 1 heterocycles. The van der Waals surface area contributed by atoms with Gasteiger partial charge in [0.2, 0.25) is 5.91 Å². The van der Waals surface area contributed by atoms with Gasteiger partial charge in [0.25, 0.3) is 0 Å². The molecule has 21 heavy (non-hydrogen) atoms. The monoisotopic (exact) mass is 289 g/mol. The summed E-state index contributed by atoms with van der Waals surface area (Å²) in [6.07, 6.45) is 4.31. The minimum absolute atomic E-state index is 0.0285. The van der Waals surface area contributed by atoms with Gasteiger partial charge in [0.1, 0.15) is 0 Å². The molecular weight excluding hydrogens is 262 g/mol. The van der Waals surface area contributed by atoms with Crippen LogP contribution in [0.5, 0.6) is 0 Å². The van der Waals surface area contributed by atoms with Crippen LogP contribution in [0.3, 0.4) is 0 Å². The average Bonchev–Trinajstić information content (AvgIpc) is 2.53. The molecule has 1 fully saturated rings. The van der Waals surface area contributed by atoms with E-state index in [9.17, 15) is 4.79 Å². The number of rotatable bonds is 7. The highest BCUT2D eigenvalue weighted by molar-refractivity contribution is 5.81. The predicted molar refractivity (Wildman–Crippen MR) is 86.0 cm³/mol. The molecule has 0 aliphatic carbocycles. The van der Waals surface area contributed by atoms with Crippen molar-refractivity contribution < 1.29 is 4.79 Å². The first kappa shape index (κ1) is 16.0. The summed E-state index contributed by atoms with van der Waals surface area (Å²) in [4.78, 5) is 14.2. The summed E-state index contributed by atoms with van der Waals surface area (Å²) in [5.74, 6) is 0.167. The van der Waals surface area contributed by atoms with Crippen LogP contribution in [-0.4, -0.2) is 43.5 Å². The van der Waals surface area contributed by atoms with Crippen LogP contribution in [0, 0.1) is 0 Å². The molecule has 1 aliphatic rings. The van der Waals surface area contributed by atoms with E-state index >= 15 is 0 Å². The van der Waals surface area contributed by atoms with Crippen molar-refractivity contribution in [2.45, 2.75) is 38.3 Å². The van der Waals surface area contributed by atoms with Gasteiger partial charge in [-0.05, 0) is 45.0 Å². The Hall–Kier alpha value is -1.39. The van der Waals surface area contributed by atoms with Crippen LogP contribution in [0.15, 0.2) is 30.3 Å².